The van der Waals surface area contributed by atoms with E-state index in [4.69, 9.17) is 9.63 Å². The van der Waals surface area contributed by atoms with Gasteiger partial charge in [0.1, 0.15) is 11.4 Å². The standard InChI is InChI=1S/C10H5BrFNO3/c11-9-7(10(14)15)8(16-13-9)5-2-1-3-6(12)4-5/h1-4H,(H,14,15). The first-order valence-corrected chi connectivity index (χ1v) is 5.03. The molecular formula is C10H5BrFNO3. The summed E-state index contributed by atoms with van der Waals surface area (Å²) < 4.78 is 17.9. The van der Waals surface area contributed by atoms with Crippen LogP contribution in [0, 0.1) is 5.82 Å². The molecule has 82 valence electrons. The Morgan fingerprint density at radius 2 is 2.25 bits per heavy atom. The average molecular weight is 286 g/mol. The van der Waals surface area contributed by atoms with Crippen molar-refractivity contribution in [3.63, 3.8) is 0 Å². The van der Waals surface area contributed by atoms with E-state index < -0.39 is 11.8 Å². The quantitative estimate of drug-likeness (QED) is 0.921. The summed E-state index contributed by atoms with van der Waals surface area (Å²) in [6.07, 6.45) is 0. The molecule has 4 nitrogen and oxygen atoms in total. The molecule has 1 aromatic carbocycles. The number of carboxylic acids is 1. The van der Waals surface area contributed by atoms with Crippen molar-refractivity contribution in [3.8, 4) is 11.3 Å². The van der Waals surface area contributed by atoms with E-state index in [-0.39, 0.29) is 15.9 Å². The van der Waals surface area contributed by atoms with E-state index in [1.54, 1.807) is 6.07 Å². The van der Waals surface area contributed by atoms with Gasteiger partial charge >= 0.3 is 5.97 Å². The summed E-state index contributed by atoms with van der Waals surface area (Å²) in [5, 5.41) is 12.4. The van der Waals surface area contributed by atoms with Gasteiger partial charge in [0, 0.05) is 5.56 Å². The summed E-state index contributed by atoms with van der Waals surface area (Å²) >= 11 is 2.95. The smallest absolute Gasteiger partial charge is 0.342 e. The Hall–Kier alpha value is -1.69. The molecule has 0 saturated heterocycles. The number of aromatic carboxylic acids is 1. The number of rotatable bonds is 2. The molecule has 1 heterocycles. The van der Waals surface area contributed by atoms with Gasteiger partial charge in [-0.25, -0.2) is 9.18 Å². The van der Waals surface area contributed by atoms with Crippen molar-refractivity contribution in [2.45, 2.75) is 0 Å². The van der Waals surface area contributed by atoms with E-state index in [1.165, 1.54) is 18.2 Å². The highest BCUT2D eigenvalue weighted by Crippen LogP contribution is 2.29. The Labute approximate surface area is 97.8 Å². The summed E-state index contributed by atoms with van der Waals surface area (Å²) in [5.41, 5.74) is 0.209. The SMILES string of the molecule is O=C(O)c1c(Br)noc1-c1cccc(F)c1. The molecule has 0 bridgehead atoms. The number of hydrogen-bond donors (Lipinski definition) is 1. The molecule has 0 aliphatic rings. The highest BCUT2D eigenvalue weighted by Gasteiger charge is 2.22. The number of nitrogens with zero attached hydrogens (tertiary/aromatic N) is 1. The zero-order valence-corrected chi connectivity index (χ0v) is 9.36. The molecule has 2 rings (SSSR count). The fourth-order valence-corrected chi connectivity index (χ4v) is 1.70. The fraction of sp³-hybridized carbons (Fsp3) is 0. The van der Waals surface area contributed by atoms with Crippen LogP contribution in [0.4, 0.5) is 4.39 Å². The molecular weight excluding hydrogens is 281 g/mol. The van der Waals surface area contributed by atoms with Crippen molar-refractivity contribution in [3.05, 3.63) is 40.2 Å². The van der Waals surface area contributed by atoms with Crippen LogP contribution in [-0.4, -0.2) is 16.2 Å². The Morgan fingerprint density at radius 3 is 2.88 bits per heavy atom. The first kappa shape index (κ1) is 10.8. The first-order chi connectivity index (χ1) is 7.59. The summed E-state index contributed by atoms with van der Waals surface area (Å²) in [5.74, 6) is -1.63. The van der Waals surface area contributed by atoms with Gasteiger partial charge < -0.3 is 9.63 Å². The number of halogens is 2. The molecule has 0 spiro atoms. The maximum absolute atomic E-state index is 13.0. The molecule has 1 N–H and O–H groups in total. The minimum atomic E-state index is -1.19. The second kappa shape index (κ2) is 4.05. The molecule has 0 saturated carbocycles. The van der Waals surface area contributed by atoms with Gasteiger partial charge in [0.05, 0.1) is 0 Å². The van der Waals surface area contributed by atoms with Crippen LogP contribution in [0.3, 0.4) is 0 Å². The lowest BCUT2D eigenvalue weighted by molar-refractivity contribution is 0.0696. The zero-order valence-electron chi connectivity index (χ0n) is 7.78. The van der Waals surface area contributed by atoms with Gasteiger partial charge in [-0.2, -0.15) is 0 Å². The van der Waals surface area contributed by atoms with E-state index in [2.05, 4.69) is 21.1 Å². The largest absolute Gasteiger partial charge is 0.477 e. The predicted molar refractivity (Wildman–Crippen MR) is 56.6 cm³/mol. The lowest BCUT2D eigenvalue weighted by atomic mass is 10.1. The number of benzene rings is 1. The van der Waals surface area contributed by atoms with Gasteiger partial charge in [0.2, 0.25) is 0 Å². The third-order valence-corrected chi connectivity index (χ3v) is 2.49. The van der Waals surface area contributed by atoms with Crippen LogP contribution in [0.25, 0.3) is 11.3 Å². The molecule has 0 atom stereocenters. The van der Waals surface area contributed by atoms with Crippen molar-refractivity contribution < 1.29 is 18.8 Å². The van der Waals surface area contributed by atoms with E-state index in [1.807, 2.05) is 0 Å². The molecule has 0 fully saturated rings. The van der Waals surface area contributed by atoms with Crippen LogP contribution in [0.5, 0.6) is 0 Å². The number of hydrogen-bond acceptors (Lipinski definition) is 3. The van der Waals surface area contributed by atoms with E-state index in [0.717, 1.165) is 0 Å². The number of aromatic nitrogens is 1. The number of carbonyl (C=O) groups is 1. The third kappa shape index (κ3) is 1.83. The molecule has 1 aromatic heterocycles. The Balaban J connectivity index is 2.60. The molecule has 0 aliphatic heterocycles. The van der Waals surface area contributed by atoms with Crippen LogP contribution in [0.1, 0.15) is 10.4 Å². The highest BCUT2D eigenvalue weighted by atomic mass is 79.9. The minimum Gasteiger partial charge on any atom is -0.477 e. The van der Waals surface area contributed by atoms with Crippen molar-refractivity contribution in [1.82, 2.24) is 5.16 Å². The monoisotopic (exact) mass is 285 g/mol. The van der Waals surface area contributed by atoms with Crippen LogP contribution < -0.4 is 0 Å². The third-order valence-electron chi connectivity index (χ3n) is 1.95. The van der Waals surface area contributed by atoms with Gasteiger partial charge in [-0.05, 0) is 28.1 Å². The van der Waals surface area contributed by atoms with Gasteiger partial charge in [-0.3, -0.25) is 0 Å². The predicted octanol–water partition coefficient (Wildman–Crippen LogP) is 2.94. The van der Waals surface area contributed by atoms with E-state index >= 15 is 0 Å². The van der Waals surface area contributed by atoms with Crippen LogP contribution in [0.15, 0.2) is 33.4 Å². The maximum Gasteiger partial charge on any atom is 0.342 e. The zero-order chi connectivity index (χ0) is 11.7. The molecule has 2 aromatic rings. The van der Waals surface area contributed by atoms with Crippen molar-refractivity contribution in [1.29, 1.82) is 0 Å². The van der Waals surface area contributed by atoms with Crippen molar-refractivity contribution in [2.24, 2.45) is 0 Å². The van der Waals surface area contributed by atoms with E-state index in [9.17, 15) is 9.18 Å². The normalized spacial score (nSPS) is 10.4. The topological polar surface area (TPSA) is 63.3 Å². The summed E-state index contributed by atoms with van der Waals surface area (Å²) in [6, 6.07) is 5.45. The second-order valence-corrected chi connectivity index (χ2v) is 3.74. The second-order valence-electron chi connectivity index (χ2n) is 2.99. The van der Waals surface area contributed by atoms with Crippen LogP contribution in [-0.2, 0) is 0 Å². The van der Waals surface area contributed by atoms with Crippen LogP contribution >= 0.6 is 15.9 Å². The first-order valence-electron chi connectivity index (χ1n) is 4.24. The van der Waals surface area contributed by atoms with Crippen molar-refractivity contribution in [2.75, 3.05) is 0 Å². The fourth-order valence-electron chi connectivity index (χ4n) is 1.28. The molecule has 0 unspecified atom stereocenters. The molecule has 16 heavy (non-hydrogen) atoms. The summed E-state index contributed by atoms with van der Waals surface area (Å²) in [4.78, 5) is 10.9. The molecule has 6 heteroatoms. The number of carboxylic acid groups (broad SMARTS) is 1. The lowest BCUT2D eigenvalue weighted by Crippen LogP contribution is -1.97. The molecule has 0 radical (unpaired) electrons. The lowest BCUT2D eigenvalue weighted by Gasteiger charge is -1.97. The molecule has 0 aliphatic carbocycles. The maximum atomic E-state index is 13.0. The van der Waals surface area contributed by atoms with Gasteiger partial charge in [-0.15, -0.1) is 0 Å². The Bertz CT molecular complexity index is 553. The van der Waals surface area contributed by atoms with Crippen molar-refractivity contribution >= 4 is 21.9 Å². The van der Waals surface area contributed by atoms with Crippen LogP contribution in [0.2, 0.25) is 0 Å². The Kier molecular flexibility index (Phi) is 2.74. The highest BCUT2D eigenvalue weighted by molar-refractivity contribution is 9.10. The van der Waals surface area contributed by atoms with Gasteiger partial charge in [0.15, 0.2) is 10.4 Å². The summed E-state index contributed by atoms with van der Waals surface area (Å²) in [6.45, 7) is 0. The minimum absolute atomic E-state index is 0.0267. The van der Waals surface area contributed by atoms with Gasteiger partial charge in [0.25, 0.3) is 0 Å². The van der Waals surface area contributed by atoms with Gasteiger partial charge in [-0.1, -0.05) is 17.3 Å². The Morgan fingerprint density at radius 1 is 1.50 bits per heavy atom. The molecule has 0 amide bonds. The van der Waals surface area contributed by atoms with E-state index in [0.29, 0.717) is 5.56 Å². The summed E-state index contributed by atoms with van der Waals surface area (Å²) in [7, 11) is 0. The average Bonchev–Trinajstić information content (AvgIpc) is 2.60.